The van der Waals surface area contributed by atoms with E-state index in [1.807, 2.05) is 6.07 Å². The molecule has 0 amide bonds. The Hall–Kier alpha value is -1.16. The van der Waals surface area contributed by atoms with Crippen molar-refractivity contribution in [2.75, 3.05) is 7.11 Å². The summed E-state index contributed by atoms with van der Waals surface area (Å²) in [5.74, 6) is -1.51. The number of Topliss-reactive ketones (excluding diaryl/α,β-unsaturated/α-hetero) is 1. The number of ketones is 1. The van der Waals surface area contributed by atoms with Crippen LogP contribution in [-0.4, -0.2) is 18.9 Å². The molecule has 0 bridgehead atoms. The van der Waals surface area contributed by atoms with Gasteiger partial charge in [-0.05, 0) is 19.1 Å². The fourth-order valence-corrected chi connectivity index (χ4v) is 1.57. The Balaban J connectivity index is 2.90. The smallest absolute Gasteiger partial charge is 0.316 e. The molecule has 0 saturated carbocycles. The minimum Gasteiger partial charge on any atom is -0.468 e. The SMILES string of the molecule is COC(=O)[C@@H](C)C(=O)c1cccc(Br)c1. The maximum absolute atomic E-state index is 11.8. The van der Waals surface area contributed by atoms with Gasteiger partial charge in [0.15, 0.2) is 5.78 Å². The second-order valence-electron chi connectivity index (χ2n) is 3.12. The van der Waals surface area contributed by atoms with E-state index in [0.29, 0.717) is 5.56 Å². The predicted molar refractivity (Wildman–Crippen MR) is 59.7 cm³/mol. The molecule has 0 aliphatic heterocycles. The molecule has 0 heterocycles. The molecule has 80 valence electrons. The van der Waals surface area contributed by atoms with Gasteiger partial charge in [-0.1, -0.05) is 28.1 Å². The van der Waals surface area contributed by atoms with Crippen LogP contribution in [-0.2, 0) is 9.53 Å². The zero-order chi connectivity index (χ0) is 11.4. The van der Waals surface area contributed by atoms with Crippen molar-refractivity contribution >= 4 is 27.7 Å². The number of carbonyl (C=O) groups is 2. The quantitative estimate of drug-likeness (QED) is 0.482. The van der Waals surface area contributed by atoms with Crippen LogP contribution in [0.2, 0.25) is 0 Å². The Labute approximate surface area is 96.6 Å². The molecular weight excluding hydrogens is 260 g/mol. The lowest BCUT2D eigenvalue weighted by atomic mass is 10.00. The van der Waals surface area contributed by atoms with Gasteiger partial charge in [0.25, 0.3) is 0 Å². The van der Waals surface area contributed by atoms with Gasteiger partial charge in [0.05, 0.1) is 7.11 Å². The molecule has 1 aromatic rings. The minimum absolute atomic E-state index is 0.233. The molecule has 15 heavy (non-hydrogen) atoms. The average Bonchev–Trinajstić information content (AvgIpc) is 2.26. The first-order valence-corrected chi connectivity index (χ1v) is 5.23. The summed E-state index contributed by atoms with van der Waals surface area (Å²) in [5, 5.41) is 0. The third-order valence-electron chi connectivity index (χ3n) is 2.06. The number of esters is 1. The van der Waals surface area contributed by atoms with Crippen LogP contribution in [0.5, 0.6) is 0 Å². The molecule has 0 saturated heterocycles. The molecular formula is C11H11BrO3. The molecule has 0 spiro atoms. The Morgan fingerprint density at radius 3 is 2.60 bits per heavy atom. The third kappa shape index (κ3) is 2.89. The lowest BCUT2D eigenvalue weighted by Gasteiger charge is -2.07. The van der Waals surface area contributed by atoms with Crippen molar-refractivity contribution in [1.29, 1.82) is 0 Å². The lowest BCUT2D eigenvalue weighted by molar-refractivity contribution is -0.143. The largest absolute Gasteiger partial charge is 0.468 e. The first kappa shape index (κ1) is 11.9. The van der Waals surface area contributed by atoms with E-state index < -0.39 is 11.9 Å². The highest BCUT2D eigenvalue weighted by atomic mass is 79.9. The van der Waals surface area contributed by atoms with Crippen molar-refractivity contribution in [3.05, 3.63) is 34.3 Å². The fourth-order valence-electron chi connectivity index (χ4n) is 1.18. The number of hydrogen-bond acceptors (Lipinski definition) is 3. The summed E-state index contributed by atoms with van der Waals surface area (Å²) in [6, 6.07) is 6.93. The molecule has 1 rings (SSSR count). The van der Waals surface area contributed by atoms with Crippen LogP contribution < -0.4 is 0 Å². The fraction of sp³-hybridized carbons (Fsp3) is 0.273. The molecule has 1 atom stereocenters. The van der Waals surface area contributed by atoms with Gasteiger partial charge in [-0.15, -0.1) is 0 Å². The van der Waals surface area contributed by atoms with Crippen LogP contribution in [0.15, 0.2) is 28.7 Å². The van der Waals surface area contributed by atoms with Crippen molar-refractivity contribution in [3.8, 4) is 0 Å². The summed E-state index contributed by atoms with van der Waals surface area (Å²) in [4.78, 5) is 22.9. The Bertz CT molecular complexity index is 387. The third-order valence-corrected chi connectivity index (χ3v) is 2.55. The highest BCUT2D eigenvalue weighted by Crippen LogP contribution is 2.15. The Morgan fingerprint density at radius 2 is 2.07 bits per heavy atom. The summed E-state index contributed by atoms with van der Waals surface area (Å²) >= 11 is 3.27. The maximum atomic E-state index is 11.8. The standard InChI is InChI=1S/C11H11BrO3/c1-7(11(14)15-2)10(13)8-4-3-5-9(12)6-8/h3-7H,1-2H3/t7-/m0/s1. The van der Waals surface area contributed by atoms with Crippen LogP contribution in [0.25, 0.3) is 0 Å². The number of hydrogen-bond donors (Lipinski definition) is 0. The van der Waals surface area contributed by atoms with E-state index in [1.54, 1.807) is 18.2 Å². The molecule has 0 aliphatic carbocycles. The van der Waals surface area contributed by atoms with Crippen LogP contribution >= 0.6 is 15.9 Å². The van der Waals surface area contributed by atoms with Crippen molar-refractivity contribution in [3.63, 3.8) is 0 Å². The van der Waals surface area contributed by atoms with E-state index >= 15 is 0 Å². The molecule has 0 aromatic heterocycles. The molecule has 1 aromatic carbocycles. The minimum atomic E-state index is -0.760. The molecule has 3 nitrogen and oxygen atoms in total. The first-order chi connectivity index (χ1) is 7.06. The lowest BCUT2D eigenvalue weighted by Crippen LogP contribution is -2.22. The van der Waals surface area contributed by atoms with E-state index in [-0.39, 0.29) is 5.78 Å². The Morgan fingerprint density at radius 1 is 1.40 bits per heavy atom. The molecule has 0 aliphatic rings. The highest BCUT2D eigenvalue weighted by Gasteiger charge is 2.23. The second kappa shape index (κ2) is 5.07. The summed E-state index contributed by atoms with van der Waals surface area (Å²) in [6.07, 6.45) is 0. The molecule has 0 radical (unpaired) electrons. The van der Waals surface area contributed by atoms with Gasteiger partial charge in [0, 0.05) is 10.0 Å². The van der Waals surface area contributed by atoms with Crippen molar-refractivity contribution in [2.45, 2.75) is 6.92 Å². The second-order valence-corrected chi connectivity index (χ2v) is 4.04. The predicted octanol–water partition coefficient (Wildman–Crippen LogP) is 2.44. The van der Waals surface area contributed by atoms with Gasteiger partial charge in [-0.25, -0.2) is 0 Å². The number of carbonyl (C=O) groups excluding carboxylic acids is 2. The van der Waals surface area contributed by atoms with Crippen LogP contribution in [0.4, 0.5) is 0 Å². The number of rotatable bonds is 3. The van der Waals surface area contributed by atoms with E-state index in [0.717, 1.165) is 4.47 Å². The van der Waals surface area contributed by atoms with Crippen molar-refractivity contribution < 1.29 is 14.3 Å². The molecule has 0 unspecified atom stereocenters. The number of halogens is 1. The number of benzene rings is 1. The number of methoxy groups -OCH3 is 1. The van der Waals surface area contributed by atoms with Gasteiger partial charge >= 0.3 is 5.97 Å². The summed E-state index contributed by atoms with van der Waals surface area (Å²) in [5.41, 5.74) is 0.502. The number of ether oxygens (including phenoxy) is 1. The average molecular weight is 271 g/mol. The van der Waals surface area contributed by atoms with E-state index in [4.69, 9.17) is 0 Å². The van der Waals surface area contributed by atoms with E-state index in [1.165, 1.54) is 14.0 Å². The monoisotopic (exact) mass is 270 g/mol. The van der Waals surface area contributed by atoms with Gasteiger partial charge in [-0.2, -0.15) is 0 Å². The van der Waals surface area contributed by atoms with Gasteiger partial charge in [-0.3, -0.25) is 9.59 Å². The van der Waals surface area contributed by atoms with Gasteiger partial charge in [0.2, 0.25) is 0 Å². The summed E-state index contributed by atoms with van der Waals surface area (Å²) in [7, 11) is 1.27. The normalized spacial score (nSPS) is 11.9. The topological polar surface area (TPSA) is 43.4 Å². The first-order valence-electron chi connectivity index (χ1n) is 4.44. The van der Waals surface area contributed by atoms with Gasteiger partial charge < -0.3 is 4.74 Å². The van der Waals surface area contributed by atoms with E-state index in [9.17, 15) is 9.59 Å². The molecule has 4 heteroatoms. The van der Waals surface area contributed by atoms with Crippen LogP contribution in [0, 0.1) is 5.92 Å². The van der Waals surface area contributed by atoms with Crippen LogP contribution in [0.3, 0.4) is 0 Å². The van der Waals surface area contributed by atoms with Gasteiger partial charge in [0.1, 0.15) is 5.92 Å². The molecule has 0 fully saturated rings. The zero-order valence-electron chi connectivity index (χ0n) is 8.49. The Kier molecular flexibility index (Phi) is 4.03. The van der Waals surface area contributed by atoms with Crippen molar-refractivity contribution in [1.82, 2.24) is 0 Å². The molecule has 0 N–H and O–H groups in total. The highest BCUT2D eigenvalue weighted by molar-refractivity contribution is 9.10. The van der Waals surface area contributed by atoms with E-state index in [2.05, 4.69) is 20.7 Å². The summed E-state index contributed by atoms with van der Waals surface area (Å²) in [6.45, 7) is 1.54. The summed E-state index contributed by atoms with van der Waals surface area (Å²) < 4.78 is 5.32. The van der Waals surface area contributed by atoms with Crippen LogP contribution in [0.1, 0.15) is 17.3 Å². The van der Waals surface area contributed by atoms with Crippen molar-refractivity contribution in [2.24, 2.45) is 5.92 Å². The zero-order valence-corrected chi connectivity index (χ0v) is 10.1. The maximum Gasteiger partial charge on any atom is 0.316 e.